The molecule has 0 aliphatic carbocycles. The van der Waals surface area contributed by atoms with Crippen LogP contribution in [0, 0.1) is 0 Å². The smallest absolute Gasteiger partial charge is 0.274 e. The molecule has 0 atom stereocenters. The molecule has 1 aromatic heterocycles. The van der Waals surface area contributed by atoms with E-state index in [2.05, 4.69) is 34.4 Å². The largest absolute Gasteiger partial charge is 0.385 e. The number of anilines is 2. The number of methoxy groups -OCH3 is 1. The minimum Gasteiger partial charge on any atom is -0.385 e. The molecule has 1 amide bonds. The molecule has 1 aromatic carbocycles. The summed E-state index contributed by atoms with van der Waals surface area (Å²) in [6.07, 6.45) is 3.99. The molecule has 0 saturated heterocycles. The Morgan fingerprint density at radius 2 is 1.88 bits per heavy atom. The first-order valence-corrected chi connectivity index (χ1v) is 8.66. The van der Waals surface area contributed by atoms with E-state index < -0.39 is 0 Å². The van der Waals surface area contributed by atoms with Crippen molar-refractivity contribution in [1.82, 2.24) is 9.97 Å². The van der Waals surface area contributed by atoms with E-state index in [1.54, 1.807) is 13.2 Å². The maximum absolute atomic E-state index is 12.6. The molecular weight excluding hydrogens is 316 g/mol. The second-order valence-electron chi connectivity index (χ2n) is 5.67. The van der Waals surface area contributed by atoms with Gasteiger partial charge in [-0.3, -0.25) is 4.79 Å². The predicted octanol–water partition coefficient (Wildman–Crippen LogP) is 3.30. The standard InChI is InChI=1S/C19H26N4O2/c1-4-14-8-6-9-15(5-2)18(14)23-19(24)16-12-17(22-13-21-16)20-10-7-11-25-3/h6,8-9,12-13H,4-5,7,10-11H2,1-3H3,(H,23,24)(H,20,21,22). The van der Waals surface area contributed by atoms with Gasteiger partial charge in [0.05, 0.1) is 0 Å². The topological polar surface area (TPSA) is 76.1 Å². The van der Waals surface area contributed by atoms with E-state index in [-0.39, 0.29) is 5.91 Å². The zero-order valence-electron chi connectivity index (χ0n) is 15.1. The highest BCUT2D eigenvalue weighted by Crippen LogP contribution is 2.23. The van der Waals surface area contributed by atoms with Crippen molar-refractivity contribution < 1.29 is 9.53 Å². The SMILES string of the molecule is CCc1cccc(CC)c1NC(=O)c1cc(NCCCOC)ncn1. The zero-order valence-corrected chi connectivity index (χ0v) is 15.1. The van der Waals surface area contributed by atoms with Crippen molar-refractivity contribution >= 4 is 17.4 Å². The van der Waals surface area contributed by atoms with Gasteiger partial charge in [-0.2, -0.15) is 0 Å². The maximum atomic E-state index is 12.6. The Balaban J connectivity index is 2.11. The molecule has 0 spiro atoms. The van der Waals surface area contributed by atoms with Crippen molar-refractivity contribution in [2.75, 3.05) is 30.9 Å². The van der Waals surface area contributed by atoms with Crippen LogP contribution in [0.25, 0.3) is 0 Å². The van der Waals surface area contributed by atoms with Crippen molar-refractivity contribution in [3.8, 4) is 0 Å². The van der Waals surface area contributed by atoms with E-state index in [9.17, 15) is 4.79 Å². The number of amides is 1. The molecule has 2 aromatic rings. The number of rotatable bonds is 9. The molecule has 0 aliphatic rings. The molecule has 1 heterocycles. The first-order chi connectivity index (χ1) is 12.2. The van der Waals surface area contributed by atoms with Crippen molar-refractivity contribution in [3.63, 3.8) is 0 Å². The number of nitrogens with one attached hydrogen (secondary N) is 2. The number of para-hydroxylation sites is 1. The van der Waals surface area contributed by atoms with Gasteiger partial charge in [0.2, 0.25) is 0 Å². The normalized spacial score (nSPS) is 10.5. The number of hydrogen-bond donors (Lipinski definition) is 2. The number of nitrogens with zero attached hydrogens (tertiary/aromatic N) is 2. The summed E-state index contributed by atoms with van der Waals surface area (Å²) in [7, 11) is 1.67. The van der Waals surface area contributed by atoms with Gasteiger partial charge in [0.1, 0.15) is 17.8 Å². The lowest BCUT2D eigenvalue weighted by Crippen LogP contribution is -2.17. The van der Waals surface area contributed by atoms with Crippen LogP contribution in [0.3, 0.4) is 0 Å². The Kier molecular flexibility index (Phi) is 7.35. The third-order valence-corrected chi connectivity index (χ3v) is 3.97. The fourth-order valence-electron chi connectivity index (χ4n) is 2.59. The van der Waals surface area contributed by atoms with Gasteiger partial charge >= 0.3 is 0 Å². The van der Waals surface area contributed by atoms with Crippen LogP contribution in [0.15, 0.2) is 30.6 Å². The number of hydrogen-bond acceptors (Lipinski definition) is 5. The van der Waals surface area contributed by atoms with Crippen molar-refractivity contribution in [3.05, 3.63) is 47.4 Å². The summed E-state index contributed by atoms with van der Waals surface area (Å²) in [6.45, 7) is 5.57. The van der Waals surface area contributed by atoms with Crippen LogP contribution in [0.1, 0.15) is 41.9 Å². The molecule has 0 fully saturated rings. The van der Waals surface area contributed by atoms with Crippen LogP contribution >= 0.6 is 0 Å². The zero-order chi connectivity index (χ0) is 18.1. The lowest BCUT2D eigenvalue weighted by atomic mass is 10.0. The Bertz CT molecular complexity index is 681. The molecule has 134 valence electrons. The summed E-state index contributed by atoms with van der Waals surface area (Å²) >= 11 is 0. The number of aryl methyl sites for hydroxylation is 2. The van der Waals surface area contributed by atoms with Crippen LogP contribution in [-0.2, 0) is 17.6 Å². The number of ether oxygens (including phenoxy) is 1. The molecular formula is C19H26N4O2. The van der Waals surface area contributed by atoms with Gasteiger partial charge in [0.25, 0.3) is 5.91 Å². The van der Waals surface area contributed by atoms with Gasteiger partial charge < -0.3 is 15.4 Å². The van der Waals surface area contributed by atoms with E-state index in [1.807, 2.05) is 18.2 Å². The molecule has 6 heteroatoms. The first-order valence-electron chi connectivity index (χ1n) is 8.66. The van der Waals surface area contributed by atoms with Gasteiger partial charge in [-0.15, -0.1) is 0 Å². The van der Waals surface area contributed by atoms with E-state index in [4.69, 9.17) is 4.74 Å². The molecule has 25 heavy (non-hydrogen) atoms. The van der Waals surface area contributed by atoms with Crippen molar-refractivity contribution in [2.24, 2.45) is 0 Å². The van der Waals surface area contributed by atoms with Gasteiger partial charge in [0.15, 0.2) is 0 Å². The summed E-state index contributed by atoms with van der Waals surface area (Å²) in [5.74, 6) is 0.411. The fraction of sp³-hybridized carbons (Fsp3) is 0.421. The van der Waals surface area contributed by atoms with E-state index in [0.717, 1.165) is 42.6 Å². The van der Waals surface area contributed by atoms with Gasteiger partial charge in [-0.1, -0.05) is 32.0 Å². The third-order valence-electron chi connectivity index (χ3n) is 3.97. The van der Waals surface area contributed by atoms with Crippen molar-refractivity contribution in [1.29, 1.82) is 0 Å². The lowest BCUT2D eigenvalue weighted by molar-refractivity contribution is 0.102. The predicted molar refractivity (Wildman–Crippen MR) is 100 cm³/mol. The summed E-state index contributed by atoms with van der Waals surface area (Å²) < 4.78 is 5.01. The Hall–Kier alpha value is -2.47. The van der Waals surface area contributed by atoms with Gasteiger partial charge in [0, 0.05) is 32.0 Å². The highest BCUT2D eigenvalue weighted by atomic mass is 16.5. The van der Waals surface area contributed by atoms with Crippen LogP contribution in [0.2, 0.25) is 0 Å². The van der Waals surface area contributed by atoms with Crippen molar-refractivity contribution in [2.45, 2.75) is 33.1 Å². The first kappa shape index (κ1) is 18.9. The fourth-order valence-corrected chi connectivity index (χ4v) is 2.59. The summed E-state index contributed by atoms with van der Waals surface area (Å²) in [5.41, 5.74) is 3.49. The summed E-state index contributed by atoms with van der Waals surface area (Å²) in [5, 5.41) is 6.20. The van der Waals surface area contributed by atoms with E-state index >= 15 is 0 Å². The Labute approximate surface area is 149 Å². The molecule has 2 N–H and O–H groups in total. The molecule has 0 aliphatic heterocycles. The monoisotopic (exact) mass is 342 g/mol. The van der Waals surface area contributed by atoms with Gasteiger partial charge in [-0.05, 0) is 30.4 Å². The average Bonchev–Trinajstić information content (AvgIpc) is 2.65. The maximum Gasteiger partial charge on any atom is 0.274 e. The molecule has 0 bridgehead atoms. The molecule has 2 rings (SSSR count). The Morgan fingerprint density at radius 1 is 1.16 bits per heavy atom. The molecule has 6 nitrogen and oxygen atoms in total. The summed E-state index contributed by atoms with van der Waals surface area (Å²) in [4.78, 5) is 20.9. The quantitative estimate of drug-likeness (QED) is 0.684. The third kappa shape index (κ3) is 5.26. The number of aromatic nitrogens is 2. The van der Waals surface area contributed by atoms with E-state index in [1.165, 1.54) is 6.33 Å². The van der Waals surface area contributed by atoms with Crippen LogP contribution in [-0.4, -0.2) is 36.1 Å². The highest BCUT2D eigenvalue weighted by Gasteiger charge is 2.13. The summed E-state index contributed by atoms with van der Waals surface area (Å²) in [6, 6.07) is 7.78. The van der Waals surface area contributed by atoms with E-state index in [0.29, 0.717) is 18.1 Å². The number of carbonyl (C=O) groups is 1. The minimum absolute atomic E-state index is 0.224. The average molecular weight is 342 g/mol. The second kappa shape index (κ2) is 9.74. The minimum atomic E-state index is -0.224. The Morgan fingerprint density at radius 3 is 2.52 bits per heavy atom. The highest BCUT2D eigenvalue weighted by molar-refractivity contribution is 6.04. The lowest BCUT2D eigenvalue weighted by Gasteiger charge is -2.14. The van der Waals surface area contributed by atoms with Crippen LogP contribution < -0.4 is 10.6 Å². The number of carbonyl (C=O) groups excluding carboxylic acids is 1. The van der Waals surface area contributed by atoms with Crippen LogP contribution in [0.5, 0.6) is 0 Å². The van der Waals surface area contributed by atoms with Gasteiger partial charge in [-0.25, -0.2) is 9.97 Å². The second-order valence-corrected chi connectivity index (χ2v) is 5.67. The molecule has 0 unspecified atom stereocenters. The molecule has 0 saturated carbocycles. The number of benzene rings is 1. The molecule has 0 radical (unpaired) electrons. The van der Waals surface area contributed by atoms with Crippen LogP contribution in [0.4, 0.5) is 11.5 Å².